The lowest BCUT2D eigenvalue weighted by molar-refractivity contribution is -0.131. The summed E-state index contributed by atoms with van der Waals surface area (Å²) in [6, 6.07) is 4.15. The summed E-state index contributed by atoms with van der Waals surface area (Å²) in [6.07, 6.45) is 2.15. The predicted molar refractivity (Wildman–Crippen MR) is 62.7 cm³/mol. The fourth-order valence-corrected chi connectivity index (χ4v) is 2.19. The average Bonchev–Trinajstić information content (AvgIpc) is 2.24. The summed E-state index contributed by atoms with van der Waals surface area (Å²) in [5, 5.41) is 8.45. The molecule has 0 saturated heterocycles. The summed E-state index contributed by atoms with van der Waals surface area (Å²) < 4.78 is 27.3. The van der Waals surface area contributed by atoms with Crippen molar-refractivity contribution >= 4 is 31.8 Å². The van der Waals surface area contributed by atoms with E-state index in [4.69, 9.17) is 20.5 Å². The van der Waals surface area contributed by atoms with Crippen molar-refractivity contribution in [2.75, 3.05) is 7.11 Å². The molecule has 92 valence electrons. The van der Waals surface area contributed by atoms with E-state index in [0.717, 1.165) is 6.08 Å². The molecule has 0 aliphatic carbocycles. The van der Waals surface area contributed by atoms with E-state index in [9.17, 15) is 13.2 Å². The van der Waals surface area contributed by atoms with Crippen LogP contribution in [0.2, 0.25) is 0 Å². The second-order valence-electron chi connectivity index (χ2n) is 3.02. The van der Waals surface area contributed by atoms with Crippen LogP contribution in [0.15, 0.2) is 29.2 Å². The Morgan fingerprint density at radius 2 is 2.12 bits per heavy atom. The maximum atomic E-state index is 11.2. The highest BCUT2D eigenvalue weighted by molar-refractivity contribution is 8.13. The van der Waals surface area contributed by atoms with Gasteiger partial charge in [0.05, 0.1) is 7.11 Å². The summed E-state index contributed by atoms with van der Waals surface area (Å²) in [6.45, 7) is 0. The summed E-state index contributed by atoms with van der Waals surface area (Å²) in [4.78, 5) is 10.1. The first-order valence-corrected chi connectivity index (χ1v) is 6.69. The van der Waals surface area contributed by atoms with Gasteiger partial charge in [-0.15, -0.1) is 0 Å². The van der Waals surface area contributed by atoms with Crippen molar-refractivity contribution in [1.82, 2.24) is 0 Å². The van der Waals surface area contributed by atoms with Crippen LogP contribution in [-0.4, -0.2) is 26.6 Å². The SMILES string of the molecule is COc1ccc(/C=C/C(=O)O)cc1S(=O)(=O)Cl. The standard InChI is InChI=1S/C10H9ClO5S/c1-16-8-4-2-7(3-5-10(12)13)6-9(8)17(11,14)15/h2-6H,1H3,(H,12,13)/b5-3+. The number of hydrogen-bond donors (Lipinski definition) is 1. The van der Waals surface area contributed by atoms with E-state index in [1.54, 1.807) is 0 Å². The lowest BCUT2D eigenvalue weighted by Gasteiger charge is -2.06. The number of ether oxygens (including phenoxy) is 1. The first kappa shape index (κ1) is 13.5. The minimum absolute atomic E-state index is 0.104. The van der Waals surface area contributed by atoms with Gasteiger partial charge < -0.3 is 9.84 Å². The van der Waals surface area contributed by atoms with Gasteiger partial charge >= 0.3 is 5.97 Å². The van der Waals surface area contributed by atoms with E-state index in [-0.39, 0.29) is 10.6 Å². The minimum Gasteiger partial charge on any atom is -0.495 e. The van der Waals surface area contributed by atoms with Crippen LogP contribution in [0.3, 0.4) is 0 Å². The molecule has 0 radical (unpaired) electrons. The Hall–Kier alpha value is -1.53. The Morgan fingerprint density at radius 3 is 2.59 bits per heavy atom. The van der Waals surface area contributed by atoms with Gasteiger partial charge in [0.1, 0.15) is 10.6 Å². The number of aliphatic carboxylic acids is 1. The van der Waals surface area contributed by atoms with Crippen LogP contribution in [-0.2, 0) is 13.8 Å². The third kappa shape index (κ3) is 3.76. The summed E-state index contributed by atoms with van der Waals surface area (Å²) in [5.74, 6) is -1.02. The molecule has 5 nitrogen and oxygen atoms in total. The Morgan fingerprint density at radius 1 is 1.47 bits per heavy atom. The molecule has 7 heteroatoms. The highest BCUT2D eigenvalue weighted by Crippen LogP contribution is 2.28. The molecule has 1 aromatic rings. The van der Waals surface area contributed by atoms with Crippen molar-refractivity contribution in [1.29, 1.82) is 0 Å². The van der Waals surface area contributed by atoms with Crippen LogP contribution >= 0.6 is 10.7 Å². The second kappa shape index (κ2) is 5.20. The van der Waals surface area contributed by atoms with Gasteiger partial charge in [-0.1, -0.05) is 6.07 Å². The molecule has 0 aliphatic heterocycles. The molecule has 0 spiro atoms. The smallest absolute Gasteiger partial charge is 0.328 e. The zero-order valence-corrected chi connectivity index (χ0v) is 10.3. The van der Waals surface area contributed by atoms with Crippen LogP contribution in [0.4, 0.5) is 0 Å². The van der Waals surface area contributed by atoms with E-state index in [1.807, 2.05) is 0 Å². The van der Waals surface area contributed by atoms with Gasteiger partial charge in [-0.3, -0.25) is 0 Å². The van der Waals surface area contributed by atoms with Crippen LogP contribution in [0, 0.1) is 0 Å². The van der Waals surface area contributed by atoms with Crippen molar-refractivity contribution in [3.8, 4) is 5.75 Å². The zero-order valence-electron chi connectivity index (χ0n) is 8.75. The fourth-order valence-electron chi connectivity index (χ4n) is 1.16. The number of benzene rings is 1. The van der Waals surface area contributed by atoms with Crippen LogP contribution in [0.1, 0.15) is 5.56 Å². The topological polar surface area (TPSA) is 80.7 Å². The first-order valence-electron chi connectivity index (χ1n) is 4.38. The molecule has 0 amide bonds. The van der Waals surface area contributed by atoms with E-state index >= 15 is 0 Å². The molecule has 0 aliphatic rings. The number of carboxylic acids is 1. The van der Waals surface area contributed by atoms with Gasteiger partial charge in [0.15, 0.2) is 0 Å². The van der Waals surface area contributed by atoms with Crippen LogP contribution < -0.4 is 4.74 Å². The number of carbonyl (C=O) groups is 1. The van der Waals surface area contributed by atoms with Gasteiger partial charge in [0.25, 0.3) is 9.05 Å². The maximum Gasteiger partial charge on any atom is 0.328 e. The Labute approximate surface area is 103 Å². The fraction of sp³-hybridized carbons (Fsp3) is 0.100. The minimum atomic E-state index is -3.94. The van der Waals surface area contributed by atoms with Crippen molar-refractivity contribution < 1.29 is 23.1 Å². The normalized spacial score (nSPS) is 11.6. The van der Waals surface area contributed by atoms with E-state index in [0.29, 0.717) is 5.56 Å². The van der Waals surface area contributed by atoms with Gasteiger partial charge in [0, 0.05) is 16.8 Å². The van der Waals surface area contributed by atoms with E-state index < -0.39 is 15.0 Å². The van der Waals surface area contributed by atoms with E-state index in [2.05, 4.69) is 0 Å². The molecule has 0 atom stereocenters. The highest BCUT2D eigenvalue weighted by atomic mass is 35.7. The summed E-state index contributed by atoms with van der Waals surface area (Å²) >= 11 is 0. The van der Waals surface area contributed by atoms with Gasteiger partial charge in [-0.05, 0) is 23.8 Å². The molecule has 0 bridgehead atoms. The van der Waals surface area contributed by atoms with Crippen molar-refractivity contribution in [2.45, 2.75) is 4.90 Å². The van der Waals surface area contributed by atoms with Crippen molar-refractivity contribution in [3.63, 3.8) is 0 Å². The predicted octanol–water partition coefficient (Wildman–Crippen LogP) is 1.72. The quantitative estimate of drug-likeness (QED) is 0.669. The summed E-state index contributed by atoms with van der Waals surface area (Å²) in [7, 11) is 2.60. The average molecular weight is 277 g/mol. The number of methoxy groups -OCH3 is 1. The van der Waals surface area contributed by atoms with Gasteiger partial charge in [-0.25, -0.2) is 13.2 Å². The number of carboxylic acid groups (broad SMARTS) is 1. The Kier molecular flexibility index (Phi) is 4.14. The molecular weight excluding hydrogens is 268 g/mol. The van der Waals surface area contributed by atoms with Crippen LogP contribution in [0.5, 0.6) is 5.75 Å². The lowest BCUT2D eigenvalue weighted by atomic mass is 10.2. The molecule has 1 N–H and O–H groups in total. The second-order valence-corrected chi connectivity index (χ2v) is 5.55. The molecule has 1 rings (SSSR count). The monoisotopic (exact) mass is 276 g/mol. The number of hydrogen-bond acceptors (Lipinski definition) is 4. The molecule has 0 fully saturated rings. The molecule has 0 aromatic heterocycles. The maximum absolute atomic E-state index is 11.2. The molecular formula is C10H9ClO5S. The van der Waals surface area contributed by atoms with Crippen LogP contribution in [0.25, 0.3) is 6.08 Å². The van der Waals surface area contributed by atoms with Gasteiger partial charge in [-0.2, -0.15) is 0 Å². The van der Waals surface area contributed by atoms with Crippen molar-refractivity contribution in [3.05, 3.63) is 29.8 Å². The third-order valence-electron chi connectivity index (χ3n) is 1.87. The molecule has 0 unspecified atom stereocenters. The largest absolute Gasteiger partial charge is 0.495 e. The third-order valence-corrected chi connectivity index (χ3v) is 3.21. The lowest BCUT2D eigenvalue weighted by Crippen LogP contribution is -1.96. The Bertz CT molecular complexity index is 562. The molecule has 17 heavy (non-hydrogen) atoms. The van der Waals surface area contributed by atoms with Crippen molar-refractivity contribution in [2.24, 2.45) is 0 Å². The highest BCUT2D eigenvalue weighted by Gasteiger charge is 2.16. The Balaban J connectivity index is 3.28. The van der Waals surface area contributed by atoms with E-state index in [1.165, 1.54) is 31.4 Å². The number of rotatable bonds is 4. The number of halogens is 1. The van der Waals surface area contributed by atoms with Gasteiger partial charge in [0.2, 0.25) is 0 Å². The molecule has 0 heterocycles. The molecule has 0 saturated carbocycles. The first-order chi connectivity index (χ1) is 7.84. The summed E-state index contributed by atoms with van der Waals surface area (Å²) in [5.41, 5.74) is 0.396. The molecule has 1 aromatic carbocycles. The zero-order chi connectivity index (χ0) is 13.1.